The van der Waals surface area contributed by atoms with Crippen LogP contribution in [0.25, 0.3) is 0 Å². The van der Waals surface area contributed by atoms with Crippen molar-refractivity contribution in [1.29, 1.82) is 0 Å². The molecule has 1 rings (SSSR count). The molecule has 1 aromatic rings. The number of carbonyl (C=O) groups is 1. The molecule has 5 nitrogen and oxygen atoms in total. The molecule has 0 radical (unpaired) electrons. The van der Waals surface area contributed by atoms with E-state index >= 15 is 0 Å². The van der Waals surface area contributed by atoms with E-state index in [-0.39, 0.29) is 5.91 Å². The van der Waals surface area contributed by atoms with Gasteiger partial charge in [0, 0.05) is 17.3 Å². The summed E-state index contributed by atoms with van der Waals surface area (Å²) in [6, 6.07) is 5.00. The Morgan fingerprint density at radius 3 is 2.25 bits per heavy atom. The quantitative estimate of drug-likeness (QED) is 0.643. The van der Waals surface area contributed by atoms with Crippen LogP contribution in [0.1, 0.15) is 37.6 Å². The number of methoxy groups -OCH3 is 2. The molecule has 0 spiro atoms. The lowest BCUT2D eigenvalue weighted by molar-refractivity contribution is 0.0954. The van der Waals surface area contributed by atoms with Crippen molar-refractivity contribution in [2.75, 3.05) is 14.2 Å². The van der Waals surface area contributed by atoms with E-state index in [0.717, 1.165) is 12.1 Å². The van der Waals surface area contributed by atoms with Crippen LogP contribution >= 0.6 is 0 Å². The summed E-state index contributed by atoms with van der Waals surface area (Å²) >= 11 is 0. The lowest BCUT2D eigenvalue weighted by atomic mass is 10.1. The number of hydrogen-bond acceptors (Lipinski definition) is 4. The summed E-state index contributed by atoms with van der Waals surface area (Å²) in [7, 11) is 3.09. The maximum atomic E-state index is 12.1. The average molecular weight is 278 g/mol. The summed E-state index contributed by atoms with van der Waals surface area (Å²) in [4.78, 5) is 12.1. The zero-order valence-corrected chi connectivity index (χ0v) is 12.7. The molecule has 5 heteroatoms. The lowest BCUT2D eigenvalue weighted by Crippen LogP contribution is -2.21. The van der Waals surface area contributed by atoms with Crippen molar-refractivity contribution in [3.05, 3.63) is 23.8 Å². The van der Waals surface area contributed by atoms with E-state index in [4.69, 9.17) is 9.47 Å². The summed E-state index contributed by atoms with van der Waals surface area (Å²) in [6.07, 6.45) is 0.984. The van der Waals surface area contributed by atoms with Gasteiger partial charge in [-0.05, 0) is 31.4 Å². The fraction of sp³-hybridized carbons (Fsp3) is 0.467. The molecule has 1 amide bonds. The van der Waals surface area contributed by atoms with Gasteiger partial charge in [0.2, 0.25) is 0 Å². The largest absolute Gasteiger partial charge is 0.497 e. The zero-order valence-electron chi connectivity index (χ0n) is 12.7. The fourth-order valence-corrected chi connectivity index (χ4v) is 1.55. The highest BCUT2D eigenvalue weighted by molar-refractivity contribution is 5.96. The van der Waals surface area contributed by atoms with Gasteiger partial charge in [-0.1, -0.05) is 13.8 Å². The first-order valence-corrected chi connectivity index (χ1v) is 6.59. The number of amides is 1. The van der Waals surface area contributed by atoms with Crippen LogP contribution < -0.4 is 14.9 Å². The molecular formula is C15H22N2O3. The van der Waals surface area contributed by atoms with Crippen molar-refractivity contribution in [2.45, 2.75) is 27.2 Å². The minimum Gasteiger partial charge on any atom is -0.497 e. The molecule has 0 heterocycles. The van der Waals surface area contributed by atoms with Gasteiger partial charge in [-0.3, -0.25) is 4.79 Å². The van der Waals surface area contributed by atoms with Crippen molar-refractivity contribution in [2.24, 2.45) is 11.0 Å². The SMILES string of the molecule is CC[C@H](C)/C(C)=N\NC(=O)c1cc(OC)cc(OC)c1. The van der Waals surface area contributed by atoms with Gasteiger partial charge in [0.15, 0.2) is 0 Å². The number of hydrazone groups is 1. The Labute approximate surface area is 120 Å². The monoisotopic (exact) mass is 278 g/mol. The zero-order chi connectivity index (χ0) is 15.1. The summed E-state index contributed by atoms with van der Waals surface area (Å²) < 4.78 is 10.3. The van der Waals surface area contributed by atoms with Crippen LogP contribution in [0.3, 0.4) is 0 Å². The third kappa shape index (κ3) is 4.26. The normalized spacial score (nSPS) is 12.8. The first-order valence-electron chi connectivity index (χ1n) is 6.59. The number of nitrogens with one attached hydrogen (secondary N) is 1. The minimum atomic E-state index is -0.287. The molecule has 20 heavy (non-hydrogen) atoms. The summed E-state index contributed by atoms with van der Waals surface area (Å²) in [5.41, 5.74) is 3.90. The van der Waals surface area contributed by atoms with E-state index in [1.54, 1.807) is 32.4 Å². The molecule has 0 saturated heterocycles. The molecular weight excluding hydrogens is 256 g/mol. The molecule has 0 saturated carbocycles. The fourth-order valence-electron chi connectivity index (χ4n) is 1.55. The van der Waals surface area contributed by atoms with Crippen LogP contribution in [-0.4, -0.2) is 25.8 Å². The Morgan fingerprint density at radius 2 is 1.80 bits per heavy atom. The van der Waals surface area contributed by atoms with Crippen molar-refractivity contribution in [3.63, 3.8) is 0 Å². The van der Waals surface area contributed by atoms with Crippen molar-refractivity contribution < 1.29 is 14.3 Å². The predicted molar refractivity (Wildman–Crippen MR) is 79.6 cm³/mol. The smallest absolute Gasteiger partial charge is 0.271 e. The van der Waals surface area contributed by atoms with Crippen molar-refractivity contribution in [1.82, 2.24) is 5.43 Å². The van der Waals surface area contributed by atoms with Crippen molar-refractivity contribution in [3.8, 4) is 11.5 Å². The van der Waals surface area contributed by atoms with Crippen LogP contribution in [0.15, 0.2) is 23.3 Å². The van der Waals surface area contributed by atoms with E-state index < -0.39 is 0 Å². The number of hydrogen-bond donors (Lipinski definition) is 1. The summed E-state index contributed by atoms with van der Waals surface area (Å²) in [5, 5.41) is 4.12. The second kappa shape index (κ2) is 7.53. The Bertz CT molecular complexity index is 476. The van der Waals surface area contributed by atoms with Gasteiger partial charge >= 0.3 is 0 Å². The van der Waals surface area contributed by atoms with Crippen molar-refractivity contribution >= 4 is 11.6 Å². The van der Waals surface area contributed by atoms with E-state index in [2.05, 4.69) is 24.4 Å². The number of carbonyl (C=O) groups excluding carboxylic acids is 1. The maximum absolute atomic E-state index is 12.1. The molecule has 0 aromatic heterocycles. The van der Waals surface area contributed by atoms with E-state index in [1.807, 2.05) is 6.92 Å². The Kier molecular flexibility index (Phi) is 6.03. The standard InChI is InChI=1S/C15H22N2O3/c1-6-10(2)11(3)16-17-15(18)12-7-13(19-4)9-14(8-12)20-5/h7-10H,6H2,1-5H3,(H,17,18)/b16-11-/t10-/m0/s1. The molecule has 0 aliphatic carbocycles. The van der Waals surface area contributed by atoms with Gasteiger partial charge in [-0.25, -0.2) is 5.43 Å². The Morgan fingerprint density at radius 1 is 1.25 bits per heavy atom. The first kappa shape index (κ1) is 16.0. The van der Waals surface area contributed by atoms with Gasteiger partial charge in [0.05, 0.1) is 14.2 Å². The number of benzene rings is 1. The molecule has 110 valence electrons. The highest BCUT2D eigenvalue weighted by atomic mass is 16.5. The first-order chi connectivity index (χ1) is 9.51. The topological polar surface area (TPSA) is 59.9 Å². The molecule has 1 aromatic carbocycles. The minimum absolute atomic E-state index is 0.287. The Hall–Kier alpha value is -2.04. The third-order valence-corrected chi connectivity index (χ3v) is 3.27. The van der Waals surface area contributed by atoms with E-state index in [1.165, 1.54) is 0 Å². The number of ether oxygens (including phenoxy) is 2. The van der Waals surface area contributed by atoms with Gasteiger partial charge in [-0.15, -0.1) is 0 Å². The van der Waals surface area contributed by atoms with Gasteiger partial charge in [0.1, 0.15) is 11.5 Å². The molecule has 0 aliphatic heterocycles. The van der Waals surface area contributed by atoms with Crippen LogP contribution in [0, 0.1) is 5.92 Å². The lowest BCUT2D eigenvalue weighted by Gasteiger charge is -2.09. The van der Waals surface area contributed by atoms with E-state index in [0.29, 0.717) is 23.0 Å². The second-order valence-corrected chi connectivity index (χ2v) is 4.60. The summed E-state index contributed by atoms with van der Waals surface area (Å²) in [5.74, 6) is 1.19. The number of rotatable bonds is 6. The summed E-state index contributed by atoms with van der Waals surface area (Å²) in [6.45, 7) is 6.05. The molecule has 0 unspecified atom stereocenters. The molecule has 0 bridgehead atoms. The Balaban J connectivity index is 2.87. The van der Waals surface area contributed by atoms with Gasteiger partial charge in [0.25, 0.3) is 5.91 Å². The maximum Gasteiger partial charge on any atom is 0.271 e. The van der Waals surface area contributed by atoms with E-state index in [9.17, 15) is 4.79 Å². The predicted octanol–water partition coefficient (Wildman–Crippen LogP) is 2.86. The van der Waals surface area contributed by atoms with Crippen LogP contribution in [0.5, 0.6) is 11.5 Å². The third-order valence-electron chi connectivity index (χ3n) is 3.27. The highest BCUT2D eigenvalue weighted by Crippen LogP contribution is 2.22. The molecule has 0 fully saturated rings. The van der Waals surface area contributed by atoms with Gasteiger partial charge in [-0.2, -0.15) is 5.10 Å². The molecule has 1 N–H and O–H groups in total. The van der Waals surface area contributed by atoms with Crippen LogP contribution in [0.4, 0.5) is 0 Å². The second-order valence-electron chi connectivity index (χ2n) is 4.60. The highest BCUT2D eigenvalue weighted by Gasteiger charge is 2.10. The van der Waals surface area contributed by atoms with Gasteiger partial charge < -0.3 is 9.47 Å². The molecule has 0 aliphatic rings. The average Bonchev–Trinajstić information content (AvgIpc) is 2.50. The van der Waals surface area contributed by atoms with Crippen LogP contribution in [-0.2, 0) is 0 Å². The molecule has 1 atom stereocenters. The number of nitrogens with zero attached hydrogens (tertiary/aromatic N) is 1. The van der Waals surface area contributed by atoms with Crippen LogP contribution in [0.2, 0.25) is 0 Å².